The first-order chi connectivity index (χ1) is 8.80. The Bertz CT molecular complexity index is 247. The van der Waals surface area contributed by atoms with Crippen LogP contribution in [0.5, 0.6) is 0 Å². The van der Waals surface area contributed by atoms with Gasteiger partial charge in [0.15, 0.2) is 0 Å². The van der Waals surface area contributed by atoms with Crippen LogP contribution in [0.15, 0.2) is 0 Å². The zero-order valence-corrected chi connectivity index (χ0v) is 12.3. The van der Waals surface area contributed by atoms with Gasteiger partial charge in [-0.15, -0.1) is 0 Å². The Labute approximate surface area is 112 Å². The molecule has 2 fully saturated rings. The quantitative estimate of drug-likeness (QED) is 0.834. The van der Waals surface area contributed by atoms with Crippen LogP contribution in [-0.2, 0) is 4.74 Å². The van der Waals surface area contributed by atoms with Crippen molar-refractivity contribution in [1.29, 1.82) is 0 Å². The number of methoxy groups -OCH3 is 1. The van der Waals surface area contributed by atoms with Crippen molar-refractivity contribution in [2.45, 2.75) is 76.6 Å². The zero-order chi connectivity index (χ0) is 13.0. The summed E-state index contributed by atoms with van der Waals surface area (Å²) in [7, 11) is 1.89. The molecule has 1 saturated carbocycles. The van der Waals surface area contributed by atoms with Crippen LogP contribution in [0.25, 0.3) is 0 Å². The predicted molar refractivity (Wildman–Crippen MR) is 75.9 cm³/mol. The second-order valence-electron chi connectivity index (χ2n) is 5.90. The van der Waals surface area contributed by atoms with Crippen LogP contribution >= 0.6 is 0 Å². The number of ether oxygens (including phenoxy) is 1. The Balaban J connectivity index is 2.05. The van der Waals surface area contributed by atoms with Gasteiger partial charge in [0.05, 0.1) is 6.10 Å². The lowest BCUT2D eigenvalue weighted by molar-refractivity contribution is -0.0410. The number of rotatable bonds is 4. The summed E-state index contributed by atoms with van der Waals surface area (Å²) in [5, 5.41) is 3.69. The number of nitrogens with one attached hydrogen (secondary N) is 1. The first kappa shape index (κ1) is 14.3. The maximum atomic E-state index is 5.76. The fourth-order valence-electron chi connectivity index (χ4n) is 3.68. The van der Waals surface area contributed by atoms with Crippen molar-refractivity contribution < 1.29 is 4.74 Å². The highest BCUT2D eigenvalue weighted by Gasteiger charge is 2.36. The van der Waals surface area contributed by atoms with E-state index >= 15 is 0 Å². The summed E-state index contributed by atoms with van der Waals surface area (Å²) >= 11 is 0. The normalized spacial score (nSPS) is 38.8. The lowest BCUT2D eigenvalue weighted by Gasteiger charge is -2.48. The molecule has 0 aromatic heterocycles. The molecule has 106 valence electrons. The van der Waals surface area contributed by atoms with Crippen LogP contribution in [-0.4, -0.2) is 49.3 Å². The van der Waals surface area contributed by atoms with E-state index in [4.69, 9.17) is 4.74 Å². The molecule has 0 amide bonds. The largest absolute Gasteiger partial charge is 0.380 e. The fourth-order valence-corrected chi connectivity index (χ4v) is 3.68. The molecule has 0 radical (unpaired) electrons. The van der Waals surface area contributed by atoms with E-state index in [-0.39, 0.29) is 0 Å². The van der Waals surface area contributed by atoms with Crippen LogP contribution in [0.3, 0.4) is 0 Å². The summed E-state index contributed by atoms with van der Waals surface area (Å²) in [6, 6.07) is 2.03. The van der Waals surface area contributed by atoms with Crippen LogP contribution in [0.2, 0.25) is 0 Å². The van der Waals surface area contributed by atoms with Crippen molar-refractivity contribution in [3.8, 4) is 0 Å². The van der Waals surface area contributed by atoms with Gasteiger partial charge in [-0.05, 0) is 25.7 Å². The van der Waals surface area contributed by atoms with Crippen molar-refractivity contribution in [3.05, 3.63) is 0 Å². The van der Waals surface area contributed by atoms with Crippen molar-refractivity contribution >= 4 is 0 Å². The molecule has 0 aromatic carbocycles. The van der Waals surface area contributed by atoms with Gasteiger partial charge in [0.25, 0.3) is 0 Å². The standard InChI is InChI=1S/C15H30N2O/c1-4-12-11-17(13(5-2)10-16-12)14-8-6-7-9-15(14)18-3/h12-16H,4-11H2,1-3H3. The molecule has 2 rings (SSSR count). The highest BCUT2D eigenvalue weighted by molar-refractivity contribution is 4.93. The maximum absolute atomic E-state index is 5.76. The average Bonchev–Trinajstić information content (AvgIpc) is 2.46. The average molecular weight is 254 g/mol. The van der Waals surface area contributed by atoms with E-state index in [0.29, 0.717) is 24.2 Å². The maximum Gasteiger partial charge on any atom is 0.0726 e. The lowest BCUT2D eigenvalue weighted by Crippen LogP contribution is -2.62. The van der Waals surface area contributed by atoms with Crippen LogP contribution in [0.1, 0.15) is 52.4 Å². The third kappa shape index (κ3) is 3.06. The molecule has 0 bridgehead atoms. The SMILES string of the molecule is CCC1CN(C2CCCCC2OC)C(CC)CN1. The van der Waals surface area contributed by atoms with Gasteiger partial charge in [0.1, 0.15) is 0 Å². The number of hydrogen-bond donors (Lipinski definition) is 1. The molecule has 18 heavy (non-hydrogen) atoms. The zero-order valence-electron chi connectivity index (χ0n) is 12.3. The van der Waals surface area contributed by atoms with Gasteiger partial charge in [-0.1, -0.05) is 26.7 Å². The van der Waals surface area contributed by atoms with E-state index in [9.17, 15) is 0 Å². The Kier molecular flexibility index (Phi) is 5.46. The predicted octanol–water partition coefficient (Wildman–Crippen LogP) is 2.41. The summed E-state index contributed by atoms with van der Waals surface area (Å²) in [6.45, 7) is 6.97. The topological polar surface area (TPSA) is 24.5 Å². The molecule has 1 aliphatic heterocycles. The van der Waals surface area contributed by atoms with Crippen molar-refractivity contribution in [1.82, 2.24) is 10.2 Å². The first-order valence-electron chi connectivity index (χ1n) is 7.82. The van der Waals surface area contributed by atoms with Gasteiger partial charge in [0.2, 0.25) is 0 Å². The van der Waals surface area contributed by atoms with Crippen molar-refractivity contribution in [3.63, 3.8) is 0 Å². The summed E-state index contributed by atoms with van der Waals surface area (Å²) in [5.74, 6) is 0. The molecule has 0 aromatic rings. The van der Waals surface area contributed by atoms with Gasteiger partial charge in [-0.2, -0.15) is 0 Å². The monoisotopic (exact) mass is 254 g/mol. The van der Waals surface area contributed by atoms with E-state index in [1.807, 2.05) is 7.11 Å². The van der Waals surface area contributed by atoms with Gasteiger partial charge in [-0.3, -0.25) is 4.90 Å². The number of piperazine rings is 1. The summed E-state index contributed by atoms with van der Waals surface area (Å²) in [4.78, 5) is 2.76. The summed E-state index contributed by atoms with van der Waals surface area (Å²) in [6.07, 6.45) is 8.23. The minimum absolute atomic E-state index is 0.461. The molecule has 2 aliphatic rings. The van der Waals surface area contributed by atoms with E-state index in [0.717, 1.165) is 6.54 Å². The molecule has 1 heterocycles. The molecule has 0 spiro atoms. The van der Waals surface area contributed by atoms with Crippen LogP contribution < -0.4 is 5.32 Å². The minimum atomic E-state index is 0.461. The van der Waals surface area contributed by atoms with E-state index < -0.39 is 0 Å². The molecule has 1 saturated heterocycles. The molecule has 4 unspecified atom stereocenters. The molecule has 4 atom stereocenters. The third-order valence-corrected chi connectivity index (χ3v) is 4.90. The van der Waals surface area contributed by atoms with E-state index in [1.54, 1.807) is 0 Å². The van der Waals surface area contributed by atoms with Crippen molar-refractivity contribution in [2.24, 2.45) is 0 Å². The number of hydrogen-bond acceptors (Lipinski definition) is 3. The molecular weight excluding hydrogens is 224 g/mol. The summed E-state index contributed by atoms with van der Waals surface area (Å²) < 4.78 is 5.76. The van der Waals surface area contributed by atoms with Gasteiger partial charge in [-0.25, -0.2) is 0 Å². The second kappa shape index (κ2) is 6.88. The minimum Gasteiger partial charge on any atom is -0.380 e. The van der Waals surface area contributed by atoms with Gasteiger partial charge >= 0.3 is 0 Å². The molecule has 1 aliphatic carbocycles. The summed E-state index contributed by atoms with van der Waals surface area (Å²) in [5.41, 5.74) is 0. The second-order valence-corrected chi connectivity index (χ2v) is 5.90. The lowest BCUT2D eigenvalue weighted by atomic mass is 9.88. The van der Waals surface area contributed by atoms with Crippen molar-refractivity contribution in [2.75, 3.05) is 20.2 Å². The van der Waals surface area contributed by atoms with E-state index in [2.05, 4.69) is 24.1 Å². The molecule has 3 heteroatoms. The van der Waals surface area contributed by atoms with Gasteiger partial charge < -0.3 is 10.1 Å². The van der Waals surface area contributed by atoms with Crippen LogP contribution in [0.4, 0.5) is 0 Å². The third-order valence-electron chi connectivity index (χ3n) is 4.90. The molecular formula is C15H30N2O. The van der Waals surface area contributed by atoms with Crippen LogP contribution in [0, 0.1) is 0 Å². The highest BCUT2D eigenvalue weighted by atomic mass is 16.5. The fraction of sp³-hybridized carbons (Fsp3) is 1.00. The van der Waals surface area contributed by atoms with E-state index in [1.165, 1.54) is 45.1 Å². The van der Waals surface area contributed by atoms with Gasteiger partial charge in [0, 0.05) is 38.3 Å². The smallest absolute Gasteiger partial charge is 0.0726 e. The first-order valence-corrected chi connectivity index (χ1v) is 7.82. The Morgan fingerprint density at radius 3 is 2.61 bits per heavy atom. The Morgan fingerprint density at radius 1 is 1.17 bits per heavy atom. The molecule has 3 nitrogen and oxygen atoms in total. The number of nitrogens with zero attached hydrogens (tertiary/aromatic N) is 1. The molecule has 1 N–H and O–H groups in total. The Morgan fingerprint density at radius 2 is 1.94 bits per heavy atom. The Hall–Kier alpha value is -0.120. The highest BCUT2D eigenvalue weighted by Crippen LogP contribution is 2.28.